The molecule has 0 fully saturated rings. The molecule has 0 bridgehead atoms. The molecule has 2 aromatic rings. The number of ether oxygens (including phenoxy) is 3. The lowest BCUT2D eigenvalue weighted by Crippen LogP contribution is -2.37. The third kappa shape index (κ3) is 11.4. The molecule has 0 saturated carbocycles. The Morgan fingerprint density at radius 2 is 1.77 bits per heavy atom. The molecule has 0 atom stereocenters. The normalized spacial score (nSPS) is 11.0. The molecule has 0 saturated heterocycles. The molecular weight excluding hydrogens is 505 g/mol. The van der Waals surface area contributed by atoms with Crippen LogP contribution in [0.15, 0.2) is 53.5 Å². The molecule has 6 nitrogen and oxygen atoms in total. The van der Waals surface area contributed by atoms with Crippen molar-refractivity contribution < 1.29 is 14.2 Å². The number of methoxy groups -OCH3 is 1. The number of hydrogen-bond acceptors (Lipinski definition) is 4. The first-order chi connectivity index (χ1) is 14.7. The van der Waals surface area contributed by atoms with E-state index in [-0.39, 0.29) is 24.0 Å². The standard InChI is InChI=1S/C24H35N3O3.HI/c1-20-10-11-22(23(18-20)30-17-16-28-3)19-27-24(25-2)26-13-7-14-29-15-12-21-8-5-4-6-9-21;/h4-6,8-11,18H,7,12-17,19H2,1-3H3,(H2,25,26,27);1H. The van der Waals surface area contributed by atoms with Crippen molar-refractivity contribution in [1.29, 1.82) is 0 Å². The van der Waals surface area contributed by atoms with Gasteiger partial charge in [0, 0.05) is 39.4 Å². The van der Waals surface area contributed by atoms with E-state index in [0.29, 0.717) is 19.8 Å². The van der Waals surface area contributed by atoms with Crippen LogP contribution in [0.3, 0.4) is 0 Å². The van der Waals surface area contributed by atoms with E-state index in [1.165, 1.54) is 11.1 Å². The van der Waals surface area contributed by atoms with Crippen LogP contribution in [0.4, 0.5) is 0 Å². The molecule has 2 rings (SSSR count). The minimum Gasteiger partial charge on any atom is -0.491 e. The van der Waals surface area contributed by atoms with Gasteiger partial charge in [-0.2, -0.15) is 0 Å². The first-order valence-electron chi connectivity index (χ1n) is 10.5. The second-order valence-corrected chi connectivity index (χ2v) is 7.01. The Hall–Kier alpha value is -1.84. The Morgan fingerprint density at radius 3 is 2.52 bits per heavy atom. The summed E-state index contributed by atoms with van der Waals surface area (Å²) in [5.41, 5.74) is 3.56. The SMILES string of the molecule is CN=C(NCCCOCCc1ccccc1)NCc1ccc(C)cc1OCCOC.I. The lowest BCUT2D eigenvalue weighted by molar-refractivity contribution is 0.135. The predicted molar refractivity (Wildman–Crippen MR) is 138 cm³/mol. The highest BCUT2D eigenvalue weighted by atomic mass is 127. The number of halogens is 1. The maximum atomic E-state index is 5.85. The van der Waals surface area contributed by atoms with Crippen LogP contribution in [0.5, 0.6) is 5.75 Å². The highest BCUT2D eigenvalue weighted by Gasteiger charge is 2.06. The number of nitrogens with zero attached hydrogens (tertiary/aromatic N) is 1. The number of aliphatic imine (C=N–C) groups is 1. The zero-order valence-corrected chi connectivity index (χ0v) is 21.2. The molecular formula is C24H36IN3O3. The summed E-state index contributed by atoms with van der Waals surface area (Å²) < 4.78 is 16.7. The molecule has 0 aliphatic rings. The summed E-state index contributed by atoms with van der Waals surface area (Å²) in [6.07, 6.45) is 1.87. The van der Waals surface area contributed by atoms with E-state index in [2.05, 4.69) is 65.0 Å². The minimum absolute atomic E-state index is 0. The monoisotopic (exact) mass is 541 g/mol. The van der Waals surface area contributed by atoms with Crippen LogP contribution < -0.4 is 15.4 Å². The molecule has 31 heavy (non-hydrogen) atoms. The summed E-state index contributed by atoms with van der Waals surface area (Å²) in [6.45, 7) is 6.07. The lowest BCUT2D eigenvalue weighted by Gasteiger charge is -2.15. The van der Waals surface area contributed by atoms with Gasteiger partial charge in [-0.3, -0.25) is 4.99 Å². The molecule has 0 aliphatic heterocycles. The topological polar surface area (TPSA) is 64.1 Å². The fraction of sp³-hybridized carbons (Fsp3) is 0.458. The van der Waals surface area contributed by atoms with Crippen molar-refractivity contribution in [3.63, 3.8) is 0 Å². The average molecular weight is 541 g/mol. The molecule has 0 aliphatic carbocycles. The van der Waals surface area contributed by atoms with Gasteiger partial charge in [-0.1, -0.05) is 42.5 Å². The van der Waals surface area contributed by atoms with Crippen molar-refractivity contribution in [3.05, 3.63) is 65.2 Å². The summed E-state index contributed by atoms with van der Waals surface area (Å²) in [5, 5.41) is 6.68. The number of guanidine groups is 1. The second-order valence-electron chi connectivity index (χ2n) is 7.01. The van der Waals surface area contributed by atoms with E-state index in [1.54, 1.807) is 14.2 Å². The maximum Gasteiger partial charge on any atom is 0.191 e. The van der Waals surface area contributed by atoms with E-state index in [9.17, 15) is 0 Å². The van der Waals surface area contributed by atoms with Gasteiger partial charge in [0.1, 0.15) is 12.4 Å². The van der Waals surface area contributed by atoms with Crippen LogP contribution in [0.25, 0.3) is 0 Å². The summed E-state index contributed by atoms with van der Waals surface area (Å²) in [5.74, 6) is 1.64. The van der Waals surface area contributed by atoms with Gasteiger partial charge in [0.2, 0.25) is 0 Å². The van der Waals surface area contributed by atoms with Gasteiger partial charge in [-0.25, -0.2) is 0 Å². The molecule has 0 spiro atoms. The fourth-order valence-electron chi connectivity index (χ4n) is 2.89. The van der Waals surface area contributed by atoms with Gasteiger partial charge < -0.3 is 24.8 Å². The van der Waals surface area contributed by atoms with Crippen molar-refractivity contribution >= 4 is 29.9 Å². The van der Waals surface area contributed by atoms with E-state index in [1.807, 2.05) is 6.07 Å². The van der Waals surface area contributed by atoms with Gasteiger partial charge >= 0.3 is 0 Å². The Kier molecular flexibility index (Phi) is 14.7. The molecule has 2 N–H and O–H groups in total. The molecule has 0 unspecified atom stereocenters. The van der Waals surface area contributed by atoms with Gasteiger partial charge in [0.25, 0.3) is 0 Å². The van der Waals surface area contributed by atoms with Gasteiger partial charge in [-0.05, 0) is 37.0 Å². The molecule has 0 aromatic heterocycles. The van der Waals surface area contributed by atoms with Gasteiger partial charge in [0.05, 0.1) is 13.2 Å². The largest absolute Gasteiger partial charge is 0.491 e. The maximum absolute atomic E-state index is 5.85. The van der Waals surface area contributed by atoms with Crippen molar-refractivity contribution in [2.24, 2.45) is 4.99 Å². The molecule has 0 amide bonds. The third-order valence-electron chi connectivity index (χ3n) is 4.57. The quantitative estimate of drug-likeness (QED) is 0.174. The highest BCUT2D eigenvalue weighted by molar-refractivity contribution is 14.0. The zero-order valence-electron chi connectivity index (χ0n) is 18.9. The molecule has 7 heteroatoms. The Balaban J connectivity index is 0.00000480. The summed E-state index contributed by atoms with van der Waals surface area (Å²) in [7, 11) is 3.45. The number of benzene rings is 2. The average Bonchev–Trinajstić information content (AvgIpc) is 2.77. The van der Waals surface area contributed by atoms with E-state index < -0.39 is 0 Å². The van der Waals surface area contributed by atoms with Crippen LogP contribution >= 0.6 is 24.0 Å². The first kappa shape index (κ1) is 27.2. The van der Waals surface area contributed by atoms with Crippen LogP contribution in [0.2, 0.25) is 0 Å². The van der Waals surface area contributed by atoms with E-state index >= 15 is 0 Å². The molecule has 0 heterocycles. The number of aryl methyl sites for hydroxylation is 1. The predicted octanol–water partition coefficient (Wildman–Crippen LogP) is 3.95. The lowest BCUT2D eigenvalue weighted by atomic mass is 10.1. The molecule has 0 radical (unpaired) electrons. The zero-order chi connectivity index (χ0) is 21.4. The van der Waals surface area contributed by atoms with E-state index in [0.717, 1.165) is 49.9 Å². The first-order valence-corrected chi connectivity index (χ1v) is 10.5. The van der Waals surface area contributed by atoms with Crippen LogP contribution in [-0.2, 0) is 22.4 Å². The van der Waals surface area contributed by atoms with Crippen molar-refractivity contribution in [2.45, 2.75) is 26.3 Å². The highest BCUT2D eigenvalue weighted by Crippen LogP contribution is 2.20. The Morgan fingerprint density at radius 1 is 0.968 bits per heavy atom. The molecule has 2 aromatic carbocycles. The summed E-state index contributed by atoms with van der Waals surface area (Å²) in [6, 6.07) is 16.6. The summed E-state index contributed by atoms with van der Waals surface area (Å²) in [4.78, 5) is 4.29. The van der Waals surface area contributed by atoms with Crippen molar-refractivity contribution in [1.82, 2.24) is 10.6 Å². The Bertz CT molecular complexity index is 757. The fourth-order valence-corrected chi connectivity index (χ4v) is 2.89. The van der Waals surface area contributed by atoms with Crippen LogP contribution in [-0.4, -0.2) is 53.1 Å². The smallest absolute Gasteiger partial charge is 0.191 e. The van der Waals surface area contributed by atoms with Crippen LogP contribution in [0.1, 0.15) is 23.1 Å². The number of rotatable bonds is 13. The number of hydrogen-bond donors (Lipinski definition) is 2. The summed E-state index contributed by atoms with van der Waals surface area (Å²) >= 11 is 0. The van der Waals surface area contributed by atoms with E-state index in [4.69, 9.17) is 14.2 Å². The number of nitrogens with one attached hydrogen (secondary N) is 2. The van der Waals surface area contributed by atoms with Gasteiger partial charge in [-0.15, -0.1) is 24.0 Å². The molecule has 172 valence electrons. The minimum atomic E-state index is 0. The van der Waals surface area contributed by atoms with Crippen LogP contribution in [0, 0.1) is 6.92 Å². The van der Waals surface area contributed by atoms with Gasteiger partial charge in [0.15, 0.2) is 5.96 Å². The third-order valence-corrected chi connectivity index (χ3v) is 4.57. The van der Waals surface area contributed by atoms with Crippen molar-refractivity contribution in [2.75, 3.05) is 47.1 Å². The van der Waals surface area contributed by atoms with Crippen molar-refractivity contribution in [3.8, 4) is 5.75 Å². The Labute approximate surface area is 203 Å². The second kappa shape index (κ2) is 16.8.